The zero-order chi connectivity index (χ0) is 31.0. The summed E-state index contributed by atoms with van der Waals surface area (Å²) in [5.74, 6) is -0.625. The molecule has 4 N–H and O–H groups in total. The summed E-state index contributed by atoms with van der Waals surface area (Å²) in [4.78, 5) is 23.9. The van der Waals surface area contributed by atoms with Gasteiger partial charge in [-0.05, 0) is 74.4 Å². The van der Waals surface area contributed by atoms with Gasteiger partial charge in [-0.1, -0.05) is 30.3 Å². The number of methoxy groups -OCH3 is 1. The van der Waals surface area contributed by atoms with Crippen molar-refractivity contribution in [1.82, 2.24) is 15.2 Å². The topological polar surface area (TPSA) is 139 Å². The molecular weight excluding hydrogens is 568 g/mol. The molecule has 0 unspecified atom stereocenters. The van der Waals surface area contributed by atoms with Gasteiger partial charge in [0.1, 0.15) is 0 Å². The Kier molecular flexibility index (Phi) is 10.2. The maximum atomic E-state index is 12.7. The van der Waals surface area contributed by atoms with Gasteiger partial charge in [-0.2, -0.15) is 0 Å². The third-order valence-corrected chi connectivity index (χ3v) is 8.60. The Bertz CT molecular complexity index is 1670. The zero-order valence-corrected chi connectivity index (χ0v) is 25.4. The summed E-state index contributed by atoms with van der Waals surface area (Å²) in [5.41, 5.74) is 2.17. The number of hydrogen-bond donors (Lipinski definition) is 4. The number of rotatable bonds is 14. The number of benzene rings is 3. The molecule has 0 spiro atoms. The van der Waals surface area contributed by atoms with Gasteiger partial charge in [-0.25, -0.2) is 8.42 Å². The van der Waals surface area contributed by atoms with E-state index < -0.39 is 16.1 Å². The van der Waals surface area contributed by atoms with E-state index in [-0.39, 0.29) is 41.8 Å². The summed E-state index contributed by atoms with van der Waals surface area (Å²) in [7, 11) is -2.42. The van der Waals surface area contributed by atoms with Crippen LogP contribution < -0.4 is 15.4 Å². The fourth-order valence-electron chi connectivity index (χ4n) is 4.62. The van der Waals surface area contributed by atoms with Crippen LogP contribution in [0.15, 0.2) is 90.0 Å². The third-order valence-electron chi connectivity index (χ3n) is 7.20. The molecule has 1 atom stereocenters. The lowest BCUT2D eigenvalue weighted by atomic mass is 9.99. The van der Waals surface area contributed by atoms with E-state index in [2.05, 4.69) is 38.5 Å². The van der Waals surface area contributed by atoms with Crippen LogP contribution in [0.1, 0.15) is 48.7 Å². The molecule has 1 heterocycles. The Hall–Kier alpha value is -4.19. The minimum absolute atomic E-state index is 0.115. The number of esters is 1. The van der Waals surface area contributed by atoms with Crippen LogP contribution in [0.5, 0.6) is 0 Å². The predicted molar refractivity (Wildman–Crippen MR) is 166 cm³/mol. The Morgan fingerprint density at radius 2 is 1.77 bits per heavy atom. The monoisotopic (exact) mass is 606 g/mol. The van der Waals surface area contributed by atoms with Crippen LogP contribution in [0.3, 0.4) is 0 Å². The van der Waals surface area contributed by atoms with Crippen LogP contribution in [0, 0.1) is 0 Å². The van der Waals surface area contributed by atoms with Crippen molar-refractivity contribution in [3.8, 4) is 0 Å². The Labute approximate surface area is 252 Å². The van der Waals surface area contributed by atoms with E-state index in [1.807, 2.05) is 24.4 Å². The maximum Gasteiger partial charge on any atom is 0.307 e. The van der Waals surface area contributed by atoms with Crippen molar-refractivity contribution in [2.24, 2.45) is 0 Å². The Morgan fingerprint density at radius 3 is 2.51 bits per heavy atom. The number of nitrogens with zero attached hydrogens (tertiary/aromatic N) is 1. The Balaban J connectivity index is 1.31. The average Bonchev–Trinajstić information content (AvgIpc) is 3.41. The first-order valence-corrected chi connectivity index (χ1v) is 15.5. The minimum atomic E-state index is -3.74. The average molecular weight is 607 g/mol. The number of hydrogen-bond acceptors (Lipinski definition) is 7. The number of aliphatic hydroxyl groups excluding tert-OH is 1. The van der Waals surface area contributed by atoms with Gasteiger partial charge in [0.25, 0.3) is 15.9 Å². The summed E-state index contributed by atoms with van der Waals surface area (Å²) in [6.07, 6.45) is 2.02. The summed E-state index contributed by atoms with van der Waals surface area (Å²) in [5, 5.41) is 18.0. The number of aryl methyl sites for hydroxylation is 1. The van der Waals surface area contributed by atoms with Crippen molar-refractivity contribution >= 4 is 38.5 Å². The normalized spacial score (nSPS) is 12.6. The summed E-state index contributed by atoms with van der Waals surface area (Å²) < 4.78 is 34.7. The lowest BCUT2D eigenvalue weighted by Crippen LogP contribution is -2.42. The van der Waals surface area contributed by atoms with Crippen molar-refractivity contribution in [1.29, 1.82) is 0 Å². The summed E-state index contributed by atoms with van der Waals surface area (Å²) in [6.45, 7) is 5.32. The molecule has 0 aliphatic rings. The molecule has 1 aromatic heterocycles. The van der Waals surface area contributed by atoms with Crippen molar-refractivity contribution < 1.29 is 27.9 Å². The van der Waals surface area contributed by atoms with E-state index in [0.717, 1.165) is 17.3 Å². The van der Waals surface area contributed by atoms with Crippen LogP contribution in [0.4, 0.5) is 5.69 Å². The molecule has 1 amide bonds. The molecule has 0 aliphatic carbocycles. The summed E-state index contributed by atoms with van der Waals surface area (Å²) in [6, 6.07) is 22.4. The highest BCUT2D eigenvalue weighted by molar-refractivity contribution is 7.92. The van der Waals surface area contributed by atoms with E-state index in [4.69, 9.17) is 0 Å². The van der Waals surface area contributed by atoms with Gasteiger partial charge in [0.15, 0.2) is 0 Å². The van der Waals surface area contributed by atoms with Crippen LogP contribution >= 0.6 is 0 Å². The number of aliphatic hydroxyl groups is 1. The molecule has 0 saturated heterocycles. The molecule has 11 heteroatoms. The van der Waals surface area contributed by atoms with Crippen LogP contribution in [0.25, 0.3) is 10.9 Å². The molecule has 4 aromatic rings. The van der Waals surface area contributed by atoms with Gasteiger partial charge in [-0.15, -0.1) is 0 Å². The van der Waals surface area contributed by atoms with Crippen molar-refractivity contribution in [3.63, 3.8) is 0 Å². The molecule has 0 aliphatic heterocycles. The number of ether oxygens (including phenoxy) is 1. The number of anilines is 1. The van der Waals surface area contributed by atoms with Gasteiger partial charge in [0.05, 0.1) is 24.5 Å². The first-order valence-electron chi connectivity index (χ1n) is 14.0. The van der Waals surface area contributed by atoms with E-state index in [9.17, 15) is 23.1 Å². The molecule has 10 nitrogen and oxygen atoms in total. The molecule has 43 heavy (non-hydrogen) atoms. The minimum Gasteiger partial charge on any atom is -0.469 e. The van der Waals surface area contributed by atoms with Crippen molar-refractivity contribution in [3.05, 3.63) is 96.2 Å². The van der Waals surface area contributed by atoms with Gasteiger partial charge in [-0.3, -0.25) is 14.3 Å². The molecular formula is C32H38N4O6S. The molecule has 0 saturated carbocycles. The number of amides is 1. The lowest BCUT2D eigenvalue weighted by Gasteiger charge is -2.28. The highest BCUT2D eigenvalue weighted by atomic mass is 32.2. The lowest BCUT2D eigenvalue weighted by molar-refractivity contribution is -0.140. The van der Waals surface area contributed by atoms with Crippen molar-refractivity contribution in [2.45, 2.75) is 49.8 Å². The first kappa shape index (κ1) is 31.7. The SMILES string of the molecule is COC(=O)CCNC(=O)c1ccc2c(ccn2CCC(C)(C)NC[C@@H](O)c2cccc(NS(=O)(=O)c3ccccc3)c2)c1. The molecule has 3 aromatic carbocycles. The molecule has 228 valence electrons. The third kappa shape index (κ3) is 8.66. The number of carbonyl (C=O) groups is 2. The van der Waals surface area contributed by atoms with Crippen LogP contribution in [-0.2, 0) is 26.1 Å². The molecule has 4 rings (SSSR count). The second-order valence-corrected chi connectivity index (χ2v) is 12.6. The fraction of sp³-hybridized carbons (Fsp3) is 0.312. The number of sulfonamides is 1. The van der Waals surface area contributed by atoms with Crippen LogP contribution in [0.2, 0.25) is 0 Å². The van der Waals surface area contributed by atoms with Gasteiger partial charge >= 0.3 is 5.97 Å². The predicted octanol–water partition coefficient (Wildman–Crippen LogP) is 4.23. The fourth-order valence-corrected chi connectivity index (χ4v) is 5.69. The maximum absolute atomic E-state index is 12.7. The number of β-amino-alcohol motifs (C(OH)–C–C–N with tert-alkyl or cyclic N) is 1. The first-order chi connectivity index (χ1) is 20.5. The highest BCUT2D eigenvalue weighted by Crippen LogP contribution is 2.23. The second kappa shape index (κ2) is 13.9. The molecule has 0 fully saturated rings. The number of nitrogens with one attached hydrogen (secondary N) is 3. The quantitative estimate of drug-likeness (QED) is 0.158. The van der Waals surface area contributed by atoms with Gasteiger partial charge < -0.3 is 25.0 Å². The molecule has 0 radical (unpaired) electrons. The van der Waals surface area contributed by atoms with E-state index >= 15 is 0 Å². The van der Waals surface area contributed by atoms with E-state index in [1.54, 1.807) is 48.5 Å². The number of carbonyl (C=O) groups excluding carboxylic acids is 2. The van der Waals surface area contributed by atoms with E-state index in [0.29, 0.717) is 23.4 Å². The van der Waals surface area contributed by atoms with Crippen LogP contribution in [-0.4, -0.2) is 55.7 Å². The standard InChI is InChI=1S/C32H38N4O6S/c1-32(2,16-19-36-18-15-23-20-25(12-13-28(23)36)31(39)33-17-14-30(38)42-3)34-22-29(37)24-8-7-9-26(21-24)35-43(40,41)27-10-5-4-6-11-27/h4-13,15,18,20-21,29,34-35,37H,14,16-17,19,22H2,1-3H3,(H,33,39)/t29-/m1/s1. The van der Waals surface area contributed by atoms with Gasteiger partial charge in [0.2, 0.25) is 0 Å². The largest absolute Gasteiger partial charge is 0.469 e. The number of aromatic nitrogens is 1. The smallest absolute Gasteiger partial charge is 0.307 e. The van der Waals surface area contributed by atoms with Gasteiger partial charge in [0, 0.05) is 53.5 Å². The second-order valence-electron chi connectivity index (χ2n) is 10.9. The zero-order valence-electron chi connectivity index (χ0n) is 24.5. The van der Waals surface area contributed by atoms with E-state index in [1.165, 1.54) is 19.2 Å². The Morgan fingerprint density at radius 1 is 1.00 bits per heavy atom. The highest BCUT2D eigenvalue weighted by Gasteiger charge is 2.21. The molecule has 0 bridgehead atoms. The van der Waals surface area contributed by atoms with Crippen molar-refractivity contribution in [2.75, 3.05) is 24.9 Å². The number of fused-ring (bicyclic) bond motifs is 1. The summed E-state index contributed by atoms with van der Waals surface area (Å²) >= 11 is 0.